The lowest BCUT2D eigenvalue weighted by Gasteiger charge is -2.17. The second kappa shape index (κ2) is 5.87. The molecule has 1 rings (SSSR count). The second-order valence-electron chi connectivity index (χ2n) is 4.19. The van der Waals surface area contributed by atoms with Crippen molar-refractivity contribution in [1.82, 2.24) is 0 Å². The minimum Gasteiger partial charge on any atom is -0.491 e. The van der Waals surface area contributed by atoms with E-state index < -0.39 is 0 Å². The van der Waals surface area contributed by atoms with Crippen LogP contribution in [0.25, 0.3) is 0 Å². The summed E-state index contributed by atoms with van der Waals surface area (Å²) < 4.78 is 10.9. The smallest absolute Gasteiger partial charge is 0.124 e. The molecule has 90 valence electrons. The lowest BCUT2D eigenvalue weighted by molar-refractivity contribution is 0.0712. The lowest BCUT2D eigenvalue weighted by Crippen LogP contribution is -2.17. The van der Waals surface area contributed by atoms with Gasteiger partial charge in [-0.25, -0.2) is 0 Å². The van der Waals surface area contributed by atoms with Gasteiger partial charge < -0.3 is 15.2 Å². The van der Waals surface area contributed by atoms with Gasteiger partial charge in [-0.15, -0.1) is 0 Å². The zero-order valence-corrected chi connectivity index (χ0v) is 10.5. The molecular weight excluding hydrogens is 202 g/mol. The van der Waals surface area contributed by atoms with E-state index in [2.05, 4.69) is 0 Å². The minimum atomic E-state index is -0.0200. The highest BCUT2D eigenvalue weighted by Gasteiger charge is 2.09. The fraction of sp³-hybridized carbons (Fsp3) is 0.538. The lowest BCUT2D eigenvalue weighted by atomic mass is 10.1. The summed E-state index contributed by atoms with van der Waals surface area (Å²) in [5.41, 5.74) is 8.10. The molecular formula is C13H21NO2. The Morgan fingerprint density at radius 3 is 2.56 bits per heavy atom. The fourth-order valence-corrected chi connectivity index (χ4v) is 1.42. The maximum atomic E-state index is 5.89. The number of rotatable bonds is 5. The van der Waals surface area contributed by atoms with Crippen molar-refractivity contribution >= 4 is 0 Å². The van der Waals surface area contributed by atoms with Crippen LogP contribution < -0.4 is 10.5 Å². The van der Waals surface area contributed by atoms with Crippen molar-refractivity contribution < 1.29 is 9.47 Å². The third-order valence-electron chi connectivity index (χ3n) is 2.54. The SMILES string of the molecule is COC(C)COc1cc(C)ccc1C(C)N. The first-order valence-electron chi connectivity index (χ1n) is 5.56. The molecule has 0 saturated heterocycles. The maximum absolute atomic E-state index is 5.89. The minimum absolute atomic E-state index is 0.0200. The third-order valence-corrected chi connectivity index (χ3v) is 2.54. The molecule has 0 amide bonds. The van der Waals surface area contributed by atoms with Crippen LogP contribution in [0.5, 0.6) is 5.75 Å². The van der Waals surface area contributed by atoms with Gasteiger partial charge in [0.15, 0.2) is 0 Å². The fourth-order valence-electron chi connectivity index (χ4n) is 1.42. The highest BCUT2D eigenvalue weighted by atomic mass is 16.5. The van der Waals surface area contributed by atoms with Crippen LogP contribution in [0.15, 0.2) is 18.2 Å². The standard InChI is InChI=1S/C13H21NO2/c1-9-5-6-12(11(3)14)13(7-9)16-8-10(2)15-4/h5-7,10-11H,8,14H2,1-4H3. The number of nitrogens with two attached hydrogens (primary N) is 1. The van der Waals surface area contributed by atoms with Crippen molar-refractivity contribution in [3.8, 4) is 5.75 Å². The molecule has 0 radical (unpaired) electrons. The van der Waals surface area contributed by atoms with Crippen molar-refractivity contribution in [3.63, 3.8) is 0 Å². The number of ether oxygens (including phenoxy) is 2. The summed E-state index contributed by atoms with van der Waals surface area (Å²) in [5.74, 6) is 0.860. The van der Waals surface area contributed by atoms with E-state index in [4.69, 9.17) is 15.2 Å². The molecule has 1 aromatic carbocycles. The number of hydrogen-bond acceptors (Lipinski definition) is 3. The Morgan fingerprint density at radius 2 is 2.00 bits per heavy atom. The zero-order valence-electron chi connectivity index (χ0n) is 10.5. The van der Waals surface area contributed by atoms with Crippen LogP contribution in [0.3, 0.4) is 0 Å². The highest BCUT2D eigenvalue weighted by Crippen LogP contribution is 2.25. The van der Waals surface area contributed by atoms with Crippen LogP contribution in [-0.4, -0.2) is 19.8 Å². The Bertz CT molecular complexity index is 337. The van der Waals surface area contributed by atoms with Gasteiger partial charge in [0.05, 0.1) is 6.10 Å². The number of benzene rings is 1. The summed E-state index contributed by atoms with van der Waals surface area (Å²) in [7, 11) is 1.68. The maximum Gasteiger partial charge on any atom is 0.124 e. The third kappa shape index (κ3) is 3.51. The predicted octanol–water partition coefficient (Wildman–Crippen LogP) is 2.43. The number of hydrogen-bond donors (Lipinski definition) is 1. The van der Waals surface area contributed by atoms with Crippen molar-refractivity contribution in [1.29, 1.82) is 0 Å². The summed E-state index contributed by atoms with van der Waals surface area (Å²) in [5, 5.41) is 0. The molecule has 0 aliphatic rings. The van der Waals surface area contributed by atoms with Crippen LogP contribution in [0.1, 0.15) is 31.0 Å². The van der Waals surface area contributed by atoms with E-state index in [1.165, 1.54) is 5.56 Å². The van der Waals surface area contributed by atoms with Gasteiger partial charge in [-0.2, -0.15) is 0 Å². The highest BCUT2D eigenvalue weighted by molar-refractivity contribution is 5.38. The molecule has 0 bridgehead atoms. The molecule has 0 saturated carbocycles. The Morgan fingerprint density at radius 1 is 1.31 bits per heavy atom. The van der Waals surface area contributed by atoms with E-state index >= 15 is 0 Å². The summed E-state index contributed by atoms with van der Waals surface area (Å²) in [6, 6.07) is 6.06. The van der Waals surface area contributed by atoms with E-state index in [1.807, 2.05) is 39.0 Å². The van der Waals surface area contributed by atoms with E-state index in [0.29, 0.717) is 6.61 Å². The molecule has 2 N–H and O–H groups in total. The number of aryl methyl sites for hydroxylation is 1. The van der Waals surface area contributed by atoms with Crippen molar-refractivity contribution in [3.05, 3.63) is 29.3 Å². The van der Waals surface area contributed by atoms with Gasteiger partial charge in [0.1, 0.15) is 12.4 Å². The van der Waals surface area contributed by atoms with Gasteiger partial charge in [-0.1, -0.05) is 12.1 Å². The molecule has 0 heterocycles. The normalized spacial score (nSPS) is 14.6. The predicted molar refractivity (Wildman–Crippen MR) is 65.7 cm³/mol. The monoisotopic (exact) mass is 223 g/mol. The van der Waals surface area contributed by atoms with Gasteiger partial charge >= 0.3 is 0 Å². The molecule has 1 aromatic rings. The molecule has 3 heteroatoms. The van der Waals surface area contributed by atoms with Crippen LogP contribution in [0.2, 0.25) is 0 Å². The van der Waals surface area contributed by atoms with E-state index in [9.17, 15) is 0 Å². The molecule has 16 heavy (non-hydrogen) atoms. The van der Waals surface area contributed by atoms with E-state index in [1.54, 1.807) is 7.11 Å². The van der Waals surface area contributed by atoms with Crippen molar-refractivity contribution in [2.24, 2.45) is 5.73 Å². The topological polar surface area (TPSA) is 44.5 Å². The molecule has 0 fully saturated rings. The van der Waals surface area contributed by atoms with Gasteiger partial charge in [0, 0.05) is 18.7 Å². The molecule has 3 nitrogen and oxygen atoms in total. The van der Waals surface area contributed by atoms with Gasteiger partial charge in [-0.3, -0.25) is 0 Å². The van der Waals surface area contributed by atoms with E-state index in [0.717, 1.165) is 11.3 Å². The van der Waals surface area contributed by atoms with Gasteiger partial charge in [0.2, 0.25) is 0 Å². The quantitative estimate of drug-likeness (QED) is 0.833. The Hall–Kier alpha value is -1.06. The average Bonchev–Trinajstić information content (AvgIpc) is 2.25. The Kier molecular flexibility index (Phi) is 4.77. The zero-order chi connectivity index (χ0) is 12.1. The molecule has 2 atom stereocenters. The molecule has 0 spiro atoms. The van der Waals surface area contributed by atoms with Crippen molar-refractivity contribution in [2.45, 2.75) is 32.9 Å². The second-order valence-corrected chi connectivity index (χ2v) is 4.19. The van der Waals surface area contributed by atoms with Crippen LogP contribution in [0.4, 0.5) is 0 Å². The van der Waals surface area contributed by atoms with Crippen molar-refractivity contribution in [2.75, 3.05) is 13.7 Å². The van der Waals surface area contributed by atoms with Gasteiger partial charge in [0.25, 0.3) is 0 Å². The largest absolute Gasteiger partial charge is 0.491 e. The molecule has 0 aliphatic carbocycles. The Balaban J connectivity index is 2.80. The van der Waals surface area contributed by atoms with E-state index in [-0.39, 0.29) is 12.1 Å². The molecule has 0 aliphatic heterocycles. The summed E-state index contributed by atoms with van der Waals surface area (Å²) in [4.78, 5) is 0. The van der Waals surface area contributed by atoms with Crippen LogP contribution in [0, 0.1) is 6.92 Å². The first-order valence-corrected chi connectivity index (χ1v) is 5.56. The molecule has 2 unspecified atom stereocenters. The average molecular weight is 223 g/mol. The molecule has 0 aromatic heterocycles. The Labute approximate surface area is 97.6 Å². The first kappa shape index (κ1) is 13.0. The number of methoxy groups -OCH3 is 1. The van der Waals surface area contributed by atoms with Crippen LogP contribution >= 0.6 is 0 Å². The summed E-state index contributed by atoms with van der Waals surface area (Å²) >= 11 is 0. The summed E-state index contributed by atoms with van der Waals surface area (Å²) in [6.07, 6.45) is 0.0847. The summed E-state index contributed by atoms with van der Waals surface area (Å²) in [6.45, 7) is 6.51. The first-order chi connectivity index (χ1) is 7.54. The van der Waals surface area contributed by atoms with Gasteiger partial charge in [-0.05, 0) is 32.4 Å². The van der Waals surface area contributed by atoms with Crippen LogP contribution in [-0.2, 0) is 4.74 Å².